The standard InChI is InChI=1S/C11H22N2/c1-9-4-3-7-13(9)11-6-5-10(11)8-12-2/h9-12H,3-8H2,1-2H3. The van der Waals surface area contributed by atoms with Crippen molar-refractivity contribution in [1.29, 1.82) is 0 Å². The molecule has 1 heterocycles. The molecule has 0 aromatic rings. The minimum Gasteiger partial charge on any atom is -0.319 e. The first kappa shape index (κ1) is 9.47. The van der Waals surface area contributed by atoms with E-state index in [0.29, 0.717) is 0 Å². The molecular weight excluding hydrogens is 160 g/mol. The highest BCUT2D eigenvalue weighted by Crippen LogP contribution is 2.35. The van der Waals surface area contributed by atoms with Gasteiger partial charge in [-0.1, -0.05) is 0 Å². The highest BCUT2D eigenvalue weighted by molar-refractivity contribution is 4.93. The molecule has 2 nitrogen and oxygen atoms in total. The third kappa shape index (κ3) is 1.75. The normalized spacial score (nSPS) is 40.6. The molecular formula is C11H22N2. The van der Waals surface area contributed by atoms with Gasteiger partial charge in [0.1, 0.15) is 0 Å². The van der Waals surface area contributed by atoms with Gasteiger partial charge in [0.15, 0.2) is 0 Å². The highest BCUT2D eigenvalue weighted by atomic mass is 15.2. The Kier molecular flexibility index (Phi) is 2.89. The predicted octanol–water partition coefficient (Wildman–Crippen LogP) is 1.47. The van der Waals surface area contributed by atoms with E-state index in [9.17, 15) is 0 Å². The molecule has 0 bridgehead atoms. The van der Waals surface area contributed by atoms with Crippen molar-refractivity contribution in [2.45, 2.75) is 44.7 Å². The van der Waals surface area contributed by atoms with Gasteiger partial charge in [-0.2, -0.15) is 0 Å². The molecule has 2 fully saturated rings. The van der Waals surface area contributed by atoms with Crippen molar-refractivity contribution in [1.82, 2.24) is 10.2 Å². The van der Waals surface area contributed by atoms with Crippen molar-refractivity contribution in [3.8, 4) is 0 Å². The van der Waals surface area contributed by atoms with Gasteiger partial charge >= 0.3 is 0 Å². The largest absolute Gasteiger partial charge is 0.319 e. The molecule has 0 spiro atoms. The second-order valence-corrected chi connectivity index (χ2v) is 4.69. The summed E-state index contributed by atoms with van der Waals surface area (Å²) < 4.78 is 0. The fraction of sp³-hybridized carbons (Fsp3) is 1.00. The number of likely N-dealkylation sites (tertiary alicyclic amines) is 1. The number of hydrogen-bond donors (Lipinski definition) is 1. The van der Waals surface area contributed by atoms with E-state index in [-0.39, 0.29) is 0 Å². The fourth-order valence-corrected chi connectivity index (χ4v) is 2.94. The van der Waals surface area contributed by atoms with Gasteiger partial charge in [-0.05, 0) is 58.7 Å². The number of rotatable bonds is 3. The van der Waals surface area contributed by atoms with E-state index in [1.165, 1.54) is 38.8 Å². The van der Waals surface area contributed by atoms with Crippen LogP contribution in [-0.2, 0) is 0 Å². The minimum atomic E-state index is 0.852. The van der Waals surface area contributed by atoms with Crippen LogP contribution >= 0.6 is 0 Å². The third-order valence-corrected chi connectivity index (χ3v) is 3.87. The summed E-state index contributed by atoms with van der Waals surface area (Å²) in [7, 11) is 2.07. The second-order valence-electron chi connectivity index (χ2n) is 4.69. The molecule has 1 aliphatic heterocycles. The van der Waals surface area contributed by atoms with E-state index in [2.05, 4.69) is 24.2 Å². The first-order valence-corrected chi connectivity index (χ1v) is 5.73. The molecule has 0 aromatic carbocycles. The van der Waals surface area contributed by atoms with Crippen LogP contribution in [0.15, 0.2) is 0 Å². The van der Waals surface area contributed by atoms with Gasteiger partial charge in [0, 0.05) is 12.1 Å². The average molecular weight is 182 g/mol. The lowest BCUT2D eigenvalue weighted by Crippen LogP contribution is -2.51. The highest BCUT2D eigenvalue weighted by Gasteiger charge is 2.38. The Morgan fingerprint density at radius 2 is 2.15 bits per heavy atom. The van der Waals surface area contributed by atoms with Gasteiger partial charge in [0.2, 0.25) is 0 Å². The number of nitrogens with one attached hydrogen (secondary N) is 1. The molecule has 2 aliphatic rings. The van der Waals surface area contributed by atoms with Crippen molar-refractivity contribution >= 4 is 0 Å². The Balaban J connectivity index is 1.86. The summed E-state index contributed by atoms with van der Waals surface area (Å²) >= 11 is 0. The quantitative estimate of drug-likeness (QED) is 0.711. The van der Waals surface area contributed by atoms with Gasteiger partial charge in [0.25, 0.3) is 0 Å². The average Bonchev–Trinajstić information content (AvgIpc) is 2.46. The van der Waals surface area contributed by atoms with Gasteiger partial charge in [-0.3, -0.25) is 4.90 Å². The van der Waals surface area contributed by atoms with Crippen molar-refractivity contribution in [2.75, 3.05) is 20.1 Å². The SMILES string of the molecule is CNCC1CCC1N1CCCC1C. The molecule has 0 radical (unpaired) electrons. The van der Waals surface area contributed by atoms with E-state index >= 15 is 0 Å². The molecule has 1 N–H and O–H groups in total. The van der Waals surface area contributed by atoms with Crippen LogP contribution in [-0.4, -0.2) is 37.1 Å². The summed E-state index contributed by atoms with van der Waals surface area (Å²) in [5.74, 6) is 0.936. The lowest BCUT2D eigenvalue weighted by molar-refractivity contribution is 0.0580. The van der Waals surface area contributed by atoms with Gasteiger partial charge < -0.3 is 5.32 Å². The maximum atomic E-state index is 3.31. The Morgan fingerprint density at radius 3 is 2.62 bits per heavy atom. The first-order valence-electron chi connectivity index (χ1n) is 5.73. The van der Waals surface area contributed by atoms with Crippen LogP contribution in [0.2, 0.25) is 0 Å². The molecule has 0 aromatic heterocycles. The molecule has 13 heavy (non-hydrogen) atoms. The van der Waals surface area contributed by atoms with Crippen LogP contribution in [0, 0.1) is 5.92 Å². The molecule has 3 unspecified atom stereocenters. The summed E-state index contributed by atoms with van der Waals surface area (Å²) in [5.41, 5.74) is 0. The summed E-state index contributed by atoms with van der Waals surface area (Å²) in [6.45, 7) is 4.96. The second kappa shape index (κ2) is 3.97. The topological polar surface area (TPSA) is 15.3 Å². The van der Waals surface area contributed by atoms with Crippen LogP contribution in [0.5, 0.6) is 0 Å². The molecule has 76 valence electrons. The molecule has 0 amide bonds. The predicted molar refractivity (Wildman–Crippen MR) is 55.8 cm³/mol. The van der Waals surface area contributed by atoms with Crippen LogP contribution in [0.1, 0.15) is 32.6 Å². The monoisotopic (exact) mass is 182 g/mol. The molecule has 2 heteroatoms. The van der Waals surface area contributed by atoms with E-state index in [0.717, 1.165) is 18.0 Å². The summed E-state index contributed by atoms with van der Waals surface area (Å²) in [6.07, 6.45) is 5.72. The van der Waals surface area contributed by atoms with E-state index in [1.807, 2.05) is 0 Å². The first-order chi connectivity index (χ1) is 6.33. The third-order valence-electron chi connectivity index (χ3n) is 3.87. The zero-order valence-electron chi connectivity index (χ0n) is 8.92. The van der Waals surface area contributed by atoms with Crippen LogP contribution in [0.4, 0.5) is 0 Å². The maximum Gasteiger partial charge on any atom is 0.0139 e. The summed E-state index contributed by atoms with van der Waals surface area (Å²) in [4.78, 5) is 2.74. The fourth-order valence-electron chi connectivity index (χ4n) is 2.94. The van der Waals surface area contributed by atoms with Crippen molar-refractivity contribution in [3.05, 3.63) is 0 Å². The molecule has 1 saturated carbocycles. The van der Waals surface area contributed by atoms with E-state index in [1.54, 1.807) is 0 Å². The molecule has 2 rings (SSSR count). The number of nitrogens with zero attached hydrogens (tertiary/aromatic N) is 1. The lowest BCUT2D eigenvalue weighted by atomic mass is 9.78. The summed E-state index contributed by atoms with van der Waals surface area (Å²) in [6, 6.07) is 1.76. The minimum absolute atomic E-state index is 0.852. The smallest absolute Gasteiger partial charge is 0.0139 e. The molecule has 1 aliphatic carbocycles. The number of hydrogen-bond acceptors (Lipinski definition) is 2. The van der Waals surface area contributed by atoms with Crippen LogP contribution in [0.3, 0.4) is 0 Å². The summed E-state index contributed by atoms with van der Waals surface area (Å²) in [5, 5.41) is 3.31. The van der Waals surface area contributed by atoms with E-state index < -0.39 is 0 Å². The Labute approximate surface area is 81.7 Å². The van der Waals surface area contributed by atoms with Gasteiger partial charge in [-0.25, -0.2) is 0 Å². The Bertz CT molecular complexity index is 169. The van der Waals surface area contributed by atoms with Crippen molar-refractivity contribution in [3.63, 3.8) is 0 Å². The van der Waals surface area contributed by atoms with Crippen molar-refractivity contribution < 1.29 is 0 Å². The van der Waals surface area contributed by atoms with Gasteiger partial charge in [0.05, 0.1) is 0 Å². The molecule has 1 saturated heterocycles. The van der Waals surface area contributed by atoms with Crippen molar-refractivity contribution in [2.24, 2.45) is 5.92 Å². The van der Waals surface area contributed by atoms with Crippen LogP contribution < -0.4 is 5.32 Å². The lowest BCUT2D eigenvalue weighted by Gasteiger charge is -2.44. The van der Waals surface area contributed by atoms with Gasteiger partial charge in [-0.15, -0.1) is 0 Å². The zero-order chi connectivity index (χ0) is 9.26. The Hall–Kier alpha value is -0.0800. The van der Waals surface area contributed by atoms with E-state index in [4.69, 9.17) is 0 Å². The Morgan fingerprint density at radius 1 is 1.31 bits per heavy atom. The zero-order valence-corrected chi connectivity index (χ0v) is 8.92. The molecule has 3 atom stereocenters. The van der Waals surface area contributed by atoms with Crippen LogP contribution in [0.25, 0.3) is 0 Å². The maximum absolute atomic E-state index is 3.31.